The Labute approximate surface area is 237 Å². The van der Waals surface area contributed by atoms with Gasteiger partial charge in [0.2, 0.25) is 0 Å². The Morgan fingerprint density at radius 1 is 0.625 bits per heavy atom. The number of carbonyl (C=O) groups excluding carboxylic acids is 2. The van der Waals surface area contributed by atoms with Crippen molar-refractivity contribution < 1.29 is 9.59 Å². The number of hydrogen-bond acceptors (Lipinski definition) is 2. The van der Waals surface area contributed by atoms with Crippen molar-refractivity contribution >= 4 is 23.2 Å². The molecule has 0 saturated heterocycles. The van der Waals surface area contributed by atoms with Crippen LogP contribution >= 0.6 is 0 Å². The Bertz CT molecular complexity index is 1590. The maximum atomic E-state index is 13.2. The van der Waals surface area contributed by atoms with E-state index in [1.54, 1.807) is 0 Å². The maximum Gasteiger partial charge on any atom is 0.255 e. The minimum Gasteiger partial charge on any atom is -0.322 e. The minimum atomic E-state index is -0.272. The number of para-hydroxylation sites is 2. The van der Waals surface area contributed by atoms with Crippen LogP contribution in [0.5, 0.6) is 0 Å². The predicted molar refractivity (Wildman–Crippen MR) is 165 cm³/mol. The molecule has 0 unspecified atom stereocenters. The third-order valence-electron chi connectivity index (χ3n) is 9.06. The van der Waals surface area contributed by atoms with Crippen LogP contribution in [-0.4, -0.2) is 11.8 Å². The SMILES string of the molecule is Cc1cccc(C)c1NC(=O)c1ccc([C@]2(C)c3ccc(C(=O)Nc4c(C)cccc4C)cc3CC2(C)C)cc1. The number of anilines is 2. The van der Waals surface area contributed by atoms with Crippen LogP contribution in [0.2, 0.25) is 0 Å². The fraction of sp³-hybridized carbons (Fsp3) is 0.278. The minimum absolute atomic E-state index is 0.0842. The number of fused-ring (bicyclic) bond motifs is 1. The number of carbonyl (C=O) groups is 2. The zero-order chi connectivity index (χ0) is 28.8. The van der Waals surface area contributed by atoms with E-state index in [1.165, 1.54) is 11.1 Å². The summed E-state index contributed by atoms with van der Waals surface area (Å²) in [7, 11) is 0. The first kappa shape index (κ1) is 27.4. The van der Waals surface area contributed by atoms with Crippen molar-refractivity contribution in [2.75, 3.05) is 10.6 Å². The van der Waals surface area contributed by atoms with Crippen molar-refractivity contribution in [3.05, 3.63) is 129 Å². The van der Waals surface area contributed by atoms with Gasteiger partial charge in [-0.25, -0.2) is 0 Å². The van der Waals surface area contributed by atoms with Gasteiger partial charge in [-0.05, 0) is 103 Å². The van der Waals surface area contributed by atoms with Gasteiger partial charge >= 0.3 is 0 Å². The highest BCUT2D eigenvalue weighted by molar-refractivity contribution is 6.06. The van der Waals surface area contributed by atoms with Gasteiger partial charge in [-0.1, -0.05) is 75.4 Å². The number of nitrogens with one attached hydrogen (secondary N) is 2. The van der Waals surface area contributed by atoms with Gasteiger partial charge in [0.15, 0.2) is 0 Å². The third kappa shape index (κ3) is 4.62. The molecule has 4 heteroatoms. The molecule has 0 fully saturated rings. The van der Waals surface area contributed by atoms with E-state index < -0.39 is 0 Å². The summed E-state index contributed by atoms with van der Waals surface area (Å²) in [5, 5.41) is 6.21. The van der Waals surface area contributed by atoms with Crippen LogP contribution < -0.4 is 10.6 Å². The maximum absolute atomic E-state index is 13.2. The van der Waals surface area contributed by atoms with E-state index in [0.717, 1.165) is 45.6 Å². The summed E-state index contributed by atoms with van der Waals surface area (Å²) >= 11 is 0. The van der Waals surface area contributed by atoms with Crippen molar-refractivity contribution in [2.45, 2.75) is 60.3 Å². The second-order valence-corrected chi connectivity index (χ2v) is 12.1. The highest BCUT2D eigenvalue weighted by Crippen LogP contribution is 2.55. The molecule has 1 aliphatic carbocycles. The van der Waals surface area contributed by atoms with Crippen LogP contribution in [0.1, 0.15) is 80.4 Å². The number of hydrogen-bond donors (Lipinski definition) is 2. The van der Waals surface area contributed by atoms with E-state index in [2.05, 4.69) is 55.7 Å². The van der Waals surface area contributed by atoms with Crippen LogP contribution in [0.15, 0.2) is 78.9 Å². The molecule has 4 aromatic rings. The molecular formula is C36H38N2O2. The summed E-state index contributed by atoms with van der Waals surface area (Å²) in [6, 6.07) is 26.1. The van der Waals surface area contributed by atoms with E-state index in [1.807, 2.05) is 82.3 Å². The van der Waals surface area contributed by atoms with Crippen LogP contribution in [0.3, 0.4) is 0 Å². The molecule has 0 saturated carbocycles. The van der Waals surface area contributed by atoms with Gasteiger partial charge < -0.3 is 10.6 Å². The van der Waals surface area contributed by atoms with Crippen molar-refractivity contribution in [3.63, 3.8) is 0 Å². The first-order valence-corrected chi connectivity index (χ1v) is 13.9. The van der Waals surface area contributed by atoms with Crippen LogP contribution in [-0.2, 0) is 11.8 Å². The predicted octanol–water partition coefficient (Wildman–Crippen LogP) is 8.31. The zero-order valence-corrected chi connectivity index (χ0v) is 24.5. The summed E-state index contributed by atoms with van der Waals surface area (Å²) in [4.78, 5) is 26.3. The van der Waals surface area contributed by atoms with E-state index in [-0.39, 0.29) is 22.6 Å². The van der Waals surface area contributed by atoms with E-state index in [4.69, 9.17) is 0 Å². The molecule has 0 aromatic heterocycles. The van der Waals surface area contributed by atoms with Gasteiger partial charge in [0.1, 0.15) is 0 Å². The zero-order valence-electron chi connectivity index (χ0n) is 24.5. The summed E-state index contributed by atoms with van der Waals surface area (Å²) in [6.07, 6.45) is 0.859. The second-order valence-electron chi connectivity index (χ2n) is 12.1. The van der Waals surface area contributed by atoms with E-state index >= 15 is 0 Å². The van der Waals surface area contributed by atoms with E-state index in [9.17, 15) is 9.59 Å². The normalized spacial score (nSPS) is 17.3. The molecule has 40 heavy (non-hydrogen) atoms. The quantitative estimate of drug-likeness (QED) is 0.273. The van der Waals surface area contributed by atoms with Gasteiger partial charge in [0, 0.05) is 27.9 Å². The lowest BCUT2D eigenvalue weighted by Crippen LogP contribution is -2.36. The molecule has 2 N–H and O–H groups in total. The molecular weight excluding hydrogens is 492 g/mol. The van der Waals surface area contributed by atoms with E-state index in [0.29, 0.717) is 11.1 Å². The smallest absolute Gasteiger partial charge is 0.255 e. The Kier molecular flexibility index (Phi) is 6.91. The second kappa shape index (κ2) is 10.1. The van der Waals surface area contributed by atoms with Gasteiger partial charge in [-0.2, -0.15) is 0 Å². The van der Waals surface area contributed by atoms with Gasteiger partial charge in [0.25, 0.3) is 11.8 Å². The molecule has 5 rings (SSSR count). The summed E-state index contributed by atoms with van der Waals surface area (Å²) in [6.45, 7) is 14.9. The molecule has 0 heterocycles. The topological polar surface area (TPSA) is 58.2 Å². The van der Waals surface area contributed by atoms with Crippen molar-refractivity contribution in [1.82, 2.24) is 0 Å². The molecule has 0 radical (unpaired) electrons. The van der Waals surface area contributed by atoms with Crippen molar-refractivity contribution in [2.24, 2.45) is 5.41 Å². The molecule has 2 amide bonds. The highest BCUT2D eigenvalue weighted by Gasteiger charge is 2.50. The monoisotopic (exact) mass is 530 g/mol. The third-order valence-corrected chi connectivity index (χ3v) is 9.06. The fourth-order valence-electron chi connectivity index (χ4n) is 6.28. The molecule has 0 spiro atoms. The largest absolute Gasteiger partial charge is 0.322 e. The van der Waals surface area contributed by atoms with Gasteiger partial charge in [0.05, 0.1) is 0 Å². The van der Waals surface area contributed by atoms with Crippen molar-refractivity contribution in [3.8, 4) is 0 Å². The molecule has 4 nitrogen and oxygen atoms in total. The summed E-state index contributed by atoms with van der Waals surface area (Å²) in [5.74, 6) is -0.203. The highest BCUT2D eigenvalue weighted by atomic mass is 16.2. The van der Waals surface area contributed by atoms with Crippen LogP contribution in [0.4, 0.5) is 11.4 Å². The summed E-state index contributed by atoms with van der Waals surface area (Å²) in [5.41, 5.74) is 10.5. The molecule has 4 aromatic carbocycles. The average Bonchev–Trinajstić information content (AvgIpc) is 3.13. The number of benzene rings is 4. The lowest BCUT2D eigenvalue weighted by molar-refractivity contribution is 0.101. The lowest BCUT2D eigenvalue weighted by Gasteiger charge is -2.40. The fourth-order valence-corrected chi connectivity index (χ4v) is 6.28. The summed E-state index contributed by atoms with van der Waals surface area (Å²) < 4.78 is 0. The standard InChI is InChI=1S/C36H38N2O2/c1-22-10-8-11-23(2)31(22)37-33(39)26-14-17-29(18-15-26)36(7)30-19-16-27(20-28(30)21-35(36,5)6)34(40)38-32-24(3)12-9-13-25(32)4/h8-20H,21H2,1-7H3,(H,37,39)(H,38,40)/t36-/m1/s1. The van der Waals surface area contributed by atoms with Crippen LogP contribution in [0, 0.1) is 33.1 Å². The molecule has 0 aliphatic heterocycles. The molecule has 1 atom stereocenters. The number of rotatable bonds is 5. The Balaban J connectivity index is 1.42. The number of amides is 2. The number of aryl methyl sites for hydroxylation is 4. The van der Waals surface area contributed by atoms with Crippen molar-refractivity contribution in [1.29, 1.82) is 0 Å². The first-order chi connectivity index (χ1) is 18.9. The molecule has 1 aliphatic rings. The molecule has 204 valence electrons. The first-order valence-electron chi connectivity index (χ1n) is 13.9. The van der Waals surface area contributed by atoms with Crippen LogP contribution in [0.25, 0.3) is 0 Å². The Hall–Kier alpha value is -4.18. The lowest BCUT2D eigenvalue weighted by atomic mass is 9.63. The Morgan fingerprint density at radius 3 is 1.57 bits per heavy atom. The van der Waals surface area contributed by atoms with Gasteiger partial charge in [-0.3, -0.25) is 9.59 Å². The Morgan fingerprint density at radius 2 is 1.07 bits per heavy atom. The molecule has 0 bridgehead atoms. The van der Waals surface area contributed by atoms with Gasteiger partial charge in [-0.15, -0.1) is 0 Å². The average molecular weight is 531 g/mol.